The molecule has 0 aliphatic carbocycles. The molecule has 0 fully saturated rings. The molecule has 5 nitrogen and oxygen atoms in total. The molecule has 0 atom stereocenters. The maximum absolute atomic E-state index is 12.5. The molecule has 1 amide bonds. The summed E-state index contributed by atoms with van der Waals surface area (Å²) in [5.41, 5.74) is 2.17. The molecule has 0 saturated heterocycles. The highest BCUT2D eigenvalue weighted by molar-refractivity contribution is 9.10. The van der Waals surface area contributed by atoms with E-state index in [0.29, 0.717) is 11.4 Å². The molecule has 0 unspecified atom stereocenters. The number of aromatic nitrogens is 2. The lowest BCUT2D eigenvalue weighted by Crippen LogP contribution is -2.16. The van der Waals surface area contributed by atoms with E-state index in [1.54, 1.807) is 30.7 Å². The number of pyridine rings is 2. The Balaban J connectivity index is 2.25. The Morgan fingerprint density at radius 2 is 2.19 bits per heavy atom. The van der Waals surface area contributed by atoms with Crippen LogP contribution in [0.25, 0.3) is 0 Å². The fraction of sp³-hybridized carbons (Fsp3) is 0.267. The van der Waals surface area contributed by atoms with E-state index in [2.05, 4.69) is 43.5 Å². The zero-order valence-electron chi connectivity index (χ0n) is 12.0. The average Bonchev–Trinajstić information content (AvgIpc) is 2.48. The molecule has 21 heavy (non-hydrogen) atoms. The molecule has 0 radical (unpaired) electrons. The number of carbonyl (C=O) groups is 1. The summed E-state index contributed by atoms with van der Waals surface area (Å²) in [5.74, 6) is 0.390. The van der Waals surface area contributed by atoms with Gasteiger partial charge in [0.25, 0.3) is 5.91 Å². The van der Waals surface area contributed by atoms with Gasteiger partial charge in [-0.3, -0.25) is 9.78 Å². The van der Waals surface area contributed by atoms with Gasteiger partial charge >= 0.3 is 0 Å². The van der Waals surface area contributed by atoms with Crippen LogP contribution in [0.3, 0.4) is 0 Å². The van der Waals surface area contributed by atoms with Crippen molar-refractivity contribution in [2.45, 2.75) is 20.3 Å². The topological polar surface area (TPSA) is 66.9 Å². The zero-order chi connectivity index (χ0) is 15.2. The molecular weight excluding hydrogens is 332 g/mol. The lowest BCUT2D eigenvalue weighted by Gasteiger charge is -2.12. The van der Waals surface area contributed by atoms with Crippen LogP contribution in [0.1, 0.15) is 29.3 Å². The lowest BCUT2D eigenvalue weighted by molar-refractivity contribution is 0.102. The van der Waals surface area contributed by atoms with E-state index in [1.165, 1.54) is 0 Å². The molecule has 0 aromatic carbocycles. The van der Waals surface area contributed by atoms with Crippen LogP contribution >= 0.6 is 15.9 Å². The second-order valence-electron chi connectivity index (χ2n) is 4.62. The van der Waals surface area contributed by atoms with Gasteiger partial charge in [0, 0.05) is 35.3 Å². The summed E-state index contributed by atoms with van der Waals surface area (Å²) in [6, 6.07) is 3.54. The summed E-state index contributed by atoms with van der Waals surface area (Å²) in [4.78, 5) is 20.8. The Bertz CT molecular complexity index is 645. The van der Waals surface area contributed by atoms with E-state index < -0.39 is 0 Å². The van der Waals surface area contributed by atoms with Crippen molar-refractivity contribution in [3.05, 3.63) is 46.3 Å². The number of hydrogen-bond acceptors (Lipinski definition) is 4. The quantitative estimate of drug-likeness (QED) is 0.865. The minimum absolute atomic E-state index is 0.197. The summed E-state index contributed by atoms with van der Waals surface area (Å²) < 4.78 is 0.765. The van der Waals surface area contributed by atoms with Crippen LogP contribution < -0.4 is 10.6 Å². The Hall–Kier alpha value is -1.95. The van der Waals surface area contributed by atoms with Crippen LogP contribution in [0, 0.1) is 6.92 Å². The maximum Gasteiger partial charge on any atom is 0.259 e. The smallest absolute Gasteiger partial charge is 0.259 e. The summed E-state index contributed by atoms with van der Waals surface area (Å²) in [7, 11) is 0. The van der Waals surface area contributed by atoms with E-state index >= 15 is 0 Å². The summed E-state index contributed by atoms with van der Waals surface area (Å²) in [5, 5.41) is 6.06. The van der Waals surface area contributed by atoms with Gasteiger partial charge in [0.05, 0.1) is 5.56 Å². The first-order valence-electron chi connectivity index (χ1n) is 6.73. The van der Waals surface area contributed by atoms with Crippen LogP contribution in [0.2, 0.25) is 0 Å². The van der Waals surface area contributed by atoms with Crippen LogP contribution in [0.5, 0.6) is 0 Å². The van der Waals surface area contributed by atoms with E-state index in [9.17, 15) is 4.79 Å². The Morgan fingerprint density at radius 1 is 1.38 bits per heavy atom. The number of carbonyl (C=O) groups excluding carboxylic acids is 1. The number of nitrogens with one attached hydrogen (secondary N) is 2. The number of aryl methyl sites for hydroxylation is 1. The molecule has 2 aromatic rings. The molecule has 2 heterocycles. The third-order valence-corrected chi connectivity index (χ3v) is 3.34. The fourth-order valence-electron chi connectivity index (χ4n) is 1.80. The molecule has 0 aliphatic rings. The highest BCUT2D eigenvalue weighted by atomic mass is 79.9. The van der Waals surface area contributed by atoms with Crippen LogP contribution in [-0.4, -0.2) is 22.4 Å². The van der Waals surface area contributed by atoms with Gasteiger partial charge in [-0.1, -0.05) is 6.92 Å². The summed E-state index contributed by atoms with van der Waals surface area (Å²) >= 11 is 3.35. The van der Waals surface area contributed by atoms with Gasteiger partial charge in [-0.05, 0) is 47.0 Å². The standard InChI is InChI=1S/C15H17BrN4O/c1-3-5-18-14-12(7-11(16)9-19-14)15(21)20-13-4-6-17-8-10(13)2/h4,6-9H,3,5H2,1-2H3,(H,18,19)(H,17,20,21). The molecular formula is C15H17BrN4O. The largest absolute Gasteiger partial charge is 0.369 e. The second kappa shape index (κ2) is 7.17. The van der Waals surface area contributed by atoms with Crippen molar-refractivity contribution in [1.29, 1.82) is 0 Å². The molecule has 0 bridgehead atoms. The van der Waals surface area contributed by atoms with Crippen molar-refractivity contribution in [1.82, 2.24) is 9.97 Å². The van der Waals surface area contributed by atoms with E-state index in [1.807, 2.05) is 6.92 Å². The van der Waals surface area contributed by atoms with Crippen molar-refractivity contribution in [3.8, 4) is 0 Å². The van der Waals surface area contributed by atoms with Crippen molar-refractivity contribution < 1.29 is 4.79 Å². The Kier molecular flexibility index (Phi) is 5.27. The summed E-state index contributed by atoms with van der Waals surface area (Å²) in [6.07, 6.45) is 6.00. The lowest BCUT2D eigenvalue weighted by atomic mass is 10.2. The SMILES string of the molecule is CCCNc1ncc(Br)cc1C(=O)Nc1ccncc1C. The maximum atomic E-state index is 12.5. The first-order chi connectivity index (χ1) is 10.1. The molecule has 2 aromatic heterocycles. The molecule has 0 spiro atoms. The Labute approximate surface area is 132 Å². The normalized spacial score (nSPS) is 10.2. The summed E-state index contributed by atoms with van der Waals surface area (Å²) in [6.45, 7) is 4.73. The molecule has 0 aliphatic heterocycles. The number of halogens is 1. The van der Waals surface area contributed by atoms with Gasteiger partial charge in [-0.2, -0.15) is 0 Å². The van der Waals surface area contributed by atoms with Crippen LogP contribution in [0.15, 0.2) is 35.2 Å². The third kappa shape index (κ3) is 4.01. The van der Waals surface area contributed by atoms with E-state index in [-0.39, 0.29) is 5.91 Å². The van der Waals surface area contributed by atoms with E-state index in [4.69, 9.17) is 0 Å². The fourth-order valence-corrected chi connectivity index (χ4v) is 2.13. The number of nitrogens with zero attached hydrogens (tertiary/aromatic N) is 2. The number of hydrogen-bond donors (Lipinski definition) is 2. The van der Waals surface area contributed by atoms with Crippen molar-refractivity contribution in [2.24, 2.45) is 0 Å². The monoisotopic (exact) mass is 348 g/mol. The van der Waals surface area contributed by atoms with Gasteiger partial charge in [0.2, 0.25) is 0 Å². The highest BCUT2D eigenvalue weighted by Crippen LogP contribution is 2.20. The third-order valence-electron chi connectivity index (χ3n) is 2.91. The van der Waals surface area contributed by atoms with Crippen LogP contribution in [0.4, 0.5) is 11.5 Å². The second-order valence-corrected chi connectivity index (χ2v) is 5.54. The minimum atomic E-state index is -0.197. The predicted molar refractivity (Wildman–Crippen MR) is 87.6 cm³/mol. The predicted octanol–water partition coefficient (Wildman–Crippen LogP) is 3.62. The van der Waals surface area contributed by atoms with Crippen LogP contribution in [-0.2, 0) is 0 Å². The molecule has 0 saturated carbocycles. The van der Waals surface area contributed by atoms with Gasteiger partial charge in [0.1, 0.15) is 5.82 Å². The van der Waals surface area contributed by atoms with Gasteiger partial charge in [-0.25, -0.2) is 4.98 Å². The minimum Gasteiger partial charge on any atom is -0.369 e. The molecule has 6 heteroatoms. The average molecular weight is 349 g/mol. The first kappa shape index (κ1) is 15.4. The van der Waals surface area contributed by atoms with Crippen molar-refractivity contribution in [2.75, 3.05) is 17.2 Å². The van der Waals surface area contributed by atoms with Gasteiger partial charge < -0.3 is 10.6 Å². The molecule has 110 valence electrons. The van der Waals surface area contributed by atoms with Gasteiger partial charge in [0.15, 0.2) is 0 Å². The van der Waals surface area contributed by atoms with E-state index in [0.717, 1.165) is 28.7 Å². The zero-order valence-corrected chi connectivity index (χ0v) is 13.6. The van der Waals surface area contributed by atoms with Crippen molar-refractivity contribution >= 4 is 33.3 Å². The highest BCUT2D eigenvalue weighted by Gasteiger charge is 2.14. The number of anilines is 2. The van der Waals surface area contributed by atoms with Gasteiger partial charge in [-0.15, -0.1) is 0 Å². The molecule has 2 rings (SSSR count). The number of rotatable bonds is 5. The number of amides is 1. The Morgan fingerprint density at radius 3 is 2.90 bits per heavy atom. The first-order valence-corrected chi connectivity index (χ1v) is 7.52. The van der Waals surface area contributed by atoms with Crippen molar-refractivity contribution in [3.63, 3.8) is 0 Å². The molecule has 2 N–H and O–H groups in total.